The van der Waals surface area contributed by atoms with E-state index in [2.05, 4.69) is 43.7 Å². The van der Waals surface area contributed by atoms with E-state index in [-0.39, 0.29) is 0 Å². The Kier molecular flexibility index (Phi) is 9.51. The average Bonchev–Trinajstić information content (AvgIpc) is 2.14. The fraction of sp³-hybridized carbons (Fsp3) is 0.923. The highest BCUT2D eigenvalue weighted by molar-refractivity contribution is 5.40. The van der Waals surface area contributed by atoms with E-state index in [1.807, 2.05) is 0 Å². The molecule has 0 spiro atoms. The molecule has 0 aliphatic rings. The van der Waals surface area contributed by atoms with E-state index >= 15 is 0 Å². The van der Waals surface area contributed by atoms with Crippen molar-refractivity contribution in [3.05, 3.63) is 0 Å². The summed E-state index contributed by atoms with van der Waals surface area (Å²) in [5.74, 6) is 1.56. The van der Waals surface area contributed by atoms with Gasteiger partial charge in [-0.15, -0.1) is 0 Å². The Morgan fingerprint density at radius 2 is 1.20 bits per heavy atom. The molecule has 88 valence electrons. The summed E-state index contributed by atoms with van der Waals surface area (Å²) >= 11 is 0. The van der Waals surface area contributed by atoms with Gasteiger partial charge in [-0.3, -0.25) is 0 Å². The van der Waals surface area contributed by atoms with Gasteiger partial charge in [0.15, 0.2) is 0 Å². The molecule has 0 saturated heterocycles. The molecule has 0 bridgehead atoms. The normalized spacial score (nSPS) is 10.5. The largest absolute Gasteiger partial charge is 0.226 e. The van der Waals surface area contributed by atoms with Crippen molar-refractivity contribution in [3.8, 4) is 0 Å². The second-order valence-electron chi connectivity index (χ2n) is 4.94. The Balaban J connectivity index is 3.31. The third-order valence-corrected chi connectivity index (χ3v) is 2.24. The molecule has 0 fully saturated rings. The molecule has 2 heteroatoms. The van der Waals surface area contributed by atoms with Crippen LogP contribution in [0.4, 0.5) is 0 Å². The van der Waals surface area contributed by atoms with Crippen molar-refractivity contribution in [1.29, 1.82) is 0 Å². The van der Waals surface area contributed by atoms with E-state index < -0.39 is 0 Å². The summed E-state index contributed by atoms with van der Waals surface area (Å²) in [6.07, 6.45) is 4.81. The van der Waals surface area contributed by atoms with Crippen LogP contribution in [0.1, 0.15) is 53.4 Å². The third-order valence-electron chi connectivity index (χ3n) is 2.24. The highest BCUT2D eigenvalue weighted by Crippen LogP contribution is 2.03. The topological polar surface area (TPSA) is 24.7 Å². The Hall–Kier alpha value is -0.620. The lowest BCUT2D eigenvalue weighted by molar-refractivity contribution is 0.560. The standard InChI is InChI=1S/C13H26N2/c1-12(2)7-5-9-14-11-15-10-6-8-13(3)4/h12-13H,5-10H2,1-4H3. The van der Waals surface area contributed by atoms with Gasteiger partial charge in [0.05, 0.1) is 6.01 Å². The van der Waals surface area contributed by atoms with Gasteiger partial charge in [0.1, 0.15) is 0 Å². The van der Waals surface area contributed by atoms with Crippen LogP contribution in [0.15, 0.2) is 9.98 Å². The first-order valence-electron chi connectivity index (χ1n) is 6.21. The summed E-state index contributed by atoms with van der Waals surface area (Å²) in [5, 5.41) is 0. The molecule has 0 radical (unpaired) electrons. The molecule has 15 heavy (non-hydrogen) atoms. The van der Waals surface area contributed by atoms with Crippen LogP contribution in [0.3, 0.4) is 0 Å². The number of aliphatic imine (C=N–C) groups is 2. The van der Waals surface area contributed by atoms with Gasteiger partial charge in [-0.05, 0) is 37.5 Å². The summed E-state index contributed by atoms with van der Waals surface area (Å²) < 4.78 is 0. The van der Waals surface area contributed by atoms with Crippen molar-refractivity contribution in [2.45, 2.75) is 53.4 Å². The maximum Gasteiger partial charge on any atom is 0.0892 e. The molecule has 0 amide bonds. The van der Waals surface area contributed by atoms with E-state index in [4.69, 9.17) is 0 Å². The summed E-state index contributed by atoms with van der Waals surface area (Å²) in [5.41, 5.74) is 0. The summed E-state index contributed by atoms with van der Waals surface area (Å²) in [6.45, 7) is 10.7. The van der Waals surface area contributed by atoms with Gasteiger partial charge in [-0.1, -0.05) is 27.7 Å². The van der Waals surface area contributed by atoms with E-state index in [9.17, 15) is 0 Å². The zero-order valence-corrected chi connectivity index (χ0v) is 10.8. The Labute approximate surface area is 94.9 Å². The highest BCUT2D eigenvalue weighted by atomic mass is 14.8. The minimum atomic E-state index is 0.781. The van der Waals surface area contributed by atoms with Crippen LogP contribution >= 0.6 is 0 Å². The summed E-state index contributed by atoms with van der Waals surface area (Å²) in [4.78, 5) is 8.29. The van der Waals surface area contributed by atoms with Gasteiger partial charge in [0, 0.05) is 13.1 Å². The lowest BCUT2D eigenvalue weighted by Crippen LogP contribution is -1.90. The average molecular weight is 210 g/mol. The molecule has 0 aromatic rings. The smallest absolute Gasteiger partial charge is 0.0892 e. The second-order valence-corrected chi connectivity index (χ2v) is 4.94. The predicted octanol–water partition coefficient (Wildman–Crippen LogP) is 4.03. The van der Waals surface area contributed by atoms with Gasteiger partial charge < -0.3 is 0 Å². The van der Waals surface area contributed by atoms with Crippen LogP contribution in [-0.2, 0) is 0 Å². The Morgan fingerprint density at radius 1 is 0.800 bits per heavy atom. The fourth-order valence-electron chi connectivity index (χ4n) is 1.31. The summed E-state index contributed by atoms with van der Waals surface area (Å²) in [7, 11) is 0. The molecule has 0 N–H and O–H groups in total. The van der Waals surface area contributed by atoms with Crippen molar-refractivity contribution < 1.29 is 0 Å². The van der Waals surface area contributed by atoms with Crippen molar-refractivity contribution in [2.75, 3.05) is 13.1 Å². The molecule has 0 unspecified atom stereocenters. The minimum Gasteiger partial charge on any atom is -0.226 e. The van der Waals surface area contributed by atoms with Crippen molar-refractivity contribution >= 4 is 6.01 Å². The van der Waals surface area contributed by atoms with Crippen LogP contribution < -0.4 is 0 Å². The number of nitrogens with zero attached hydrogens (tertiary/aromatic N) is 2. The number of hydrogen-bond donors (Lipinski definition) is 0. The molecule has 0 aromatic carbocycles. The van der Waals surface area contributed by atoms with E-state index in [0.29, 0.717) is 0 Å². The molecule has 0 aliphatic carbocycles. The third kappa shape index (κ3) is 13.4. The fourth-order valence-corrected chi connectivity index (χ4v) is 1.31. The first-order chi connectivity index (χ1) is 7.13. The Bertz CT molecular complexity index is 171. The predicted molar refractivity (Wildman–Crippen MR) is 67.7 cm³/mol. The van der Waals surface area contributed by atoms with Crippen LogP contribution in [0, 0.1) is 11.8 Å². The molecule has 0 atom stereocenters. The van der Waals surface area contributed by atoms with Gasteiger partial charge in [0.25, 0.3) is 0 Å². The SMILES string of the molecule is CC(C)CCCN=C=NCCCC(C)C. The van der Waals surface area contributed by atoms with Crippen molar-refractivity contribution in [3.63, 3.8) is 0 Å². The molecular formula is C13H26N2. The van der Waals surface area contributed by atoms with Gasteiger partial charge in [0.2, 0.25) is 0 Å². The highest BCUT2D eigenvalue weighted by Gasteiger charge is 1.92. The van der Waals surface area contributed by atoms with Gasteiger partial charge in [-0.2, -0.15) is 0 Å². The maximum absolute atomic E-state index is 4.14. The molecule has 0 aliphatic heterocycles. The minimum absolute atomic E-state index is 0.781. The first kappa shape index (κ1) is 14.4. The lowest BCUT2D eigenvalue weighted by Gasteiger charge is -1.99. The van der Waals surface area contributed by atoms with Gasteiger partial charge >= 0.3 is 0 Å². The maximum atomic E-state index is 4.14. The monoisotopic (exact) mass is 210 g/mol. The van der Waals surface area contributed by atoms with Crippen molar-refractivity contribution in [1.82, 2.24) is 0 Å². The molecule has 0 aromatic heterocycles. The van der Waals surface area contributed by atoms with Crippen LogP contribution in [-0.4, -0.2) is 19.1 Å². The second kappa shape index (κ2) is 9.92. The van der Waals surface area contributed by atoms with Crippen molar-refractivity contribution in [2.24, 2.45) is 21.8 Å². The number of hydrogen-bond acceptors (Lipinski definition) is 2. The van der Waals surface area contributed by atoms with Crippen LogP contribution in [0.5, 0.6) is 0 Å². The van der Waals surface area contributed by atoms with E-state index in [1.165, 1.54) is 12.8 Å². The molecule has 0 heterocycles. The van der Waals surface area contributed by atoms with Crippen LogP contribution in [0.2, 0.25) is 0 Å². The Morgan fingerprint density at radius 3 is 1.53 bits per heavy atom. The van der Waals surface area contributed by atoms with E-state index in [0.717, 1.165) is 37.8 Å². The quantitative estimate of drug-likeness (QED) is 0.427. The van der Waals surface area contributed by atoms with Crippen LogP contribution in [0.25, 0.3) is 0 Å². The molecular weight excluding hydrogens is 184 g/mol. The van der Waals surface area contributed by atoms with Gasteiger partial charge in [-0.25, -0.2) is 9.98 Å². The molecule has 2 nitrogen and oxygen atoms in total. The number of rotatable bonds is 8. The zero-order chi connectivity index (χ0) is 11.5. The zero-order valence-electron chi connectivity index (χ0n) is 10.8. The molecule has 0 rings (SSSR count). The lowest BCUT2D eigenvalue weighted by atomic mass is 10.1. The summed E-state index contributed by atoms with van der Waals surface area (Å²) in [6, 6.07) is 2.78. The van der Waals surface area contributed by atoms with E-state index in [1.54, 1.807) is 0 Å². The first-order valence-corrected chi connectivity index (χ1v) is 6.21. The molecule has 0 saturated carbocycles.